The Balaban J connectivity index is 1.62. The molecule has 0 N–H and O–H groups in total. The quantitative estimate of drug-likeness (QED) is 0.846. The van der Waals surface area contributed by atoms with Crippen LogP contribution >= 0.6 is 23.3 Å². The summed E-state index contributed by atoms with van der Waals surface area (Å²) in [5.41, 5.74) is 1.52. The van der Waals surface area contributed by atoms with Gasteiger partial charge in [0.05, 0.1) is 11.7 Å². The Bertz CT molecular complexity index is 666. The van der Waals surface area contributed by atoms with Crippen molar-refractivity contribution in [3.05, 3.63) is 29.3 Å². The van der Waals surface area contributed by atoms with Crippen LogP contribution in [0.4, 0.5) is 0 Å². The molecular weight excluding hydrogens is 334 g/mol. The molecule has 1 aliphatic heterocycles. The smallest absolute Gasteiger partial charge is 0.260 e. The fraction of sp³-hybridized carbons (Fsp3) is 0.438. The van der Waals surface area contributed by atoms with Gasteiger partial charge in [0, 0.05) is 23.7 Å². The Labute approximate surface area is 144 Å². The first kappa shape index (κ1) is 16.2. The number of halogens is 1. The number of nitrogens with zero attached hydrogens (tertiary/aromatic N) is 3. The van der Waals surface area contributed by atoms with Gasteiger partial charge in [0.15, 0.2) is 6.61 Å². The molecule has 3 rings (SSSR count). The highest BCUT2D eigenvalue weighted by Crippen LogP contribution is 2.28. The molecule has 1 aromatic carbocycles. The van der Waals surface area contributed by atoms with Gasteiger partial charge in [0.2, 0.25) is 0 Å². The highest BCUT2D eigenvalue weighted by Gasteiger charge is 2.21. The van der Waals surface area contributed by atoms with Crippen LogP contribution in [0.2, 0.25) is 5.02 Å². The van der Waals surface area contributed by atoms with Gasteiger partial charge in [0.1, 0.15) is 5.69 Å². The van der Waals surface area contributed by atoms with Crippen molar-refractivity contribution >= 4 is 29.2 Å². The summed E-state index contributed by atoms with van der Waals surface area (Å²) < 4.78 is 14.0. The van der Waals surface area contributed by atoms with E-state index in [1.165, 1.54) is 0 Å². The fourth-order valence-corrected chi connectivity index (χ4v) is 3.18. The van der Waals surface area contributed by atoms with Gasteiger partial charge in [-0.3, -0.25) is 4.79 Å². The predicted molar refractivity (Wildman–Crippen MR) is 90.8 cm³/mol. The van der Waals surface area contributed by atoms with Crippen molar-refractivity contribution in [3.63, 3.8) is 0 Å². The van der Waals surface area contributed by atoms with Crippen molar-refractivity contribution in [2.45, 2.75) is 19.8 Å². The van der Waals surface area contributed by atoms with Gasteiger partial charge >= 0.3 is 0 Å². The Hall–Kier alpha value is -1.66. The Morgan fingerprint density at radius 3 is 2.70 bits per heavy atom. The van der Waals surface area contributed by atoms with Crippen molar-refractivity contribution in [3.8, 4) is 17.1 Å². The third kappa shape index (κ3) is 4.00. The summed E-state index contributed by atoms with van der Waals surface area (Å²) in [5, 5.41) is 0.661. The van der Waals surface area contributed by atoms with Gasteiger partial charge in [0.25, 0.3) is 11.8 Å². The number of carbonyl (C=O) groups is 1. The number of ether oxygens (including phenoxy) is 1. The van der Waals surface area contributed by atoms with E-state index in [0.717, 1.165) is 43.2 Å². The zero-order valence-electron chi connectivity index (χ0n) is 12.9. The summed E-state index contributed by atoms with van der Waals surface area (Å²) in [7, 11) is 0. The minimum atomic E-state index is 0.000381. The second-order valence-electron chi connectivity index (χ2n) is 5.78. The van der Waals surface area contributed by atoms with Crippen LogP contribution < -0.4 is 4.74 Å². The molecule has 0 radical (unpaired) electrons. The minimum Gasteiger partial charge on any atom is -0.465 e. The van der Waals surface area contributed by atoms with Gasteiger partial charge in [-0.05, 0) is 30.9 Å². The summed E-state index contributed by atoms with van der Waals surface area (Å²) in [4.78, 5) is 14.1. The number of piperidine rings is 1. The van der Waals surface area contributed by atoms with Crippen LogP contribution in [0.15, 0.2) is 24.3 Å². The molecule has 23 heavy (non-hydrogen) atoms. The molecule has 122 valence electrons. The van der Waals surface area contributed by atoms with E-state index in [0.29, 0.717) is 22.5 Å². The molecule has 1 amide bonds. The molecule has 2 aromatic rings. The van der Waals surface area contributed by atoms with Crippen LogP contribution in [0.5, 0.6) is 5.88 Å². The first-order valence-electron chi connectivity index (χ1n) is 7.62. The van der Waals surface area contributed by atoms with E-state index in [2.05, 4.69) is 15.7 Å². The summed E-state index contributed by atoms with van der Waals surface area (Å²) in [6.45, 7) is 3.84. The maximum absolute atomic E-state index is 12.2. The zero-order valence-corrected chi connectivity index (χ0v) is 14.4. The van der Waals surface area contributed by atoms with Gasteiger partial charge in [-0.25, -0.2) is 0 Å². The molecule has 0 aliphatic carbocycles. The summed E-state index contributed by atoms with van der Waals surface area (Å²) in [5.74, 6) is 1.10. The number of amides is 1. The second-order valence-corrected chi connectivity index (χ2v) is 6.74. The van der Waals surface area contributed by atoms with E-state index in [-0.39, 0.29) is 12.5 Å². The largest absolute Gasteiger partial charge is 0.465 e. The Kier molecular flexibility index (Phi) is 5.13. The standard InChI is InChI=1S/C16H18ClN3O2S/c1-11-6-8-20(9-7-11)14(21)10-22-16-15(18-23-19-16)12-2-4-13(17)5-3-12/h2-5,11H,6-10H2,1H3. The van der Waals surface area contributed by atoms with Crippen LogP contribution in [-0.4, -0.2) is 39.3 Å². The molecule has 0 saturated carbocycles. The number of hydrogen-bond acceptors (Lipinski definition) is 5. The fourth-order valence-electron chi connectivity index (χ4n) is 2.54. The van der Waals surface area contributed by atoms with Crippen molar-refractivity contribution in [2.75, 3.05) is 19.7 Å². The second kappa shape index (κ2) is 7.27. The Morgan fingerprint density at radius 1 is 1.30 bits per heavy atom. The zero-order chi connectivity index (χ0) is 16.2. The topological polar surface area (TPSA) is 55.3 Å². The van der Waals surface area contributed by atoms with E-state index in [4.69, 9.17) is 16.3 Å². The lowest BCUT2D eigenvalue weighted by Gasteiger charge is -2.30. The van der Waals surface area contributed by atoms with Crippen molar-refractivity contribution in [2.24, 2.45) is 5.92 Å². The molecule has 0 atom stereocenters. The molecule has 1 saturated heterocycles. The highest BCUT2D eigenvalue weighted by molar-refractivity contribution is 6.99. The number of likely N-dealkylation sites (tertiary alicyclic amines) is 1. The minimum absolute atomic E-state index is 0.000381. The molecule has 7 heteroatoms. The van der Waals surface area contributed by atoms with E-state index in [9.17, 15) is 4.79 Å². The third-order valence-corrected chi connectivity index (χ3v) is 4.81. The molecule has 5 nitrogen and oxygen atoms in total. The molecule has 0 spiro atoms. The van der Waals surface area contributed by atoms with Crippen LogP contribution in [0.1, 0.15) is 19.8 Å². The van der Waals surface area contributed by atoms with E-state index in [1.807, 2.05) is 17.0 Å². The maximum Gasteiger partial charge on any atom is 0.260 e. The normalized spacial score (nSPS) is 15.7. The monoisotopic (exact) mass is 351 g/mol. The lowest BCUT2D eigenvalue weighted by atomic mass is 9.99. The summed E-state index contributed by atoms with van der Waals surface area (Å²) in [6, 6.07) is 7.31. The van der Waals surface area contributed by atoms with Gasteiger partial charge in [-0.1, -0.05) is 30.7 Å². The number of carbonyl (C=O) groups excluding carboxylic acids is 1. The molecule has 1 fully saturated rings. The summed E-state index contributed by atoms with van der Waals surface area (Å²) in [6.07, 6.45) is 2.11. The number of benzene rings is 1. The number of aromatic nitrogens is 2. The average Bonchev–Trinajstić information content (AvgIpc) is 3.02. The van der Waals surface area contributed by atoms with Crippen molar-refractivity contribution in [1.29, 1.82) is 0 Å². The van der Waals surface area contributed by atoms with E-state index >= 15 is 0 Å². The SMILES string of the molecule is CC1CCN(C(=O)COc2nsnc2-c2ccc(Cl)cc2)CC1. The number of hydrogen-bond donors (Lipinski definition) is 0. The summed E-state index contributed by atoms with van der Waals surface area (Å²) >= 11 is 6.97. The van der Waals surface area contributed by atoms with Gasteiger partial charge in [-0.2, -0.15) is 4.37 Å². The Morgan fingerprint density at radius 2 is 2.00 bits per heavy atom. The molecule has 2 heterocycles. The maximum atomic E-state index is 12.2. The lowest BCUT2D eigenvalue weighted by Crippen LogP contribution is -2.40. The third-order valence-electron chi connectivity index (χ3n) is 4.04. The molecule has 1 aromatic heterocycles. The molecule has 0 unspecified atom stereocenters. The van der Waals surface area contributed by atoms with Gasteiger partial charge in [-0.15, -0.1) is 4.37 Å². The first-order chi connectivity index (χ1) is 11.1. The van der Waals surface area contributed by atoms with Crippen LogP contribution in [-0.2, 0) is 4.79 Å². The van der Waals surface area contributed by atoms with E-state index in [1.54, 1.807) is 12.1 Å². The number of rotatable bonds is 4. The molecule has 0 bridgehead atoms. The van der Waals surface area contributed by atoms with Crippen LogP contribution in [0.25, 0.3) is 11.3 Å². The molecular formula is C16H18ClN3O2S. The van der Waals surface area contributed by atoms with Gasteiger partial charge < -0.3 is 9.64 Å². The van der Waals surface area contributed by atoms with Crippen LogP contribution in [0.3, 0.4) is 0 Å². The molecule has 1 aliphatic rings. The highest BCUT2D eigenvalue weighted by atomic mass is 35.5. The van der Waals surface area contributed by atoms with Crippen LogP contribution in [0, 0.1) is 5.92 Å². The first-order valence-corrected chi connectivity index (χ1v) is 8.73. The van der Waals surface area contributed by atoms with Crippen molar-refractivity contribution < 1.29 is 9.53 Å². The average molecular weight is 352 g/mol. The van der Waals surface area contributed by atoms with E-state index < -0.39 is 0 Å². The predicted octanol–water partition coefficient (Wildman–Crippen LogP) is 3.50. The lowest BCUT2D eigenvalue weighted by molar-refractivity contribution is -0.134. The van der Waals surface area contributed by atoms with Crippen molar-refractivity contribution in [1.82, 2.24) is 13.6 Å².